The van der Waals surface area contributed by atoms with Gasteiger partial charge in [-0.2, -0.15) is 0 Å². The number of methoxy groups -OCH3 is 1. The summed E-state index contributed by atoms with van der Waals surface area (Å²) < 4.78 is 11.8. The average Bonchev–Trinajstić information content (AvgIpc) is 3.24. The van der Waals surface area contributed by atoms with Gasteiger partial charge in [-0.15, -0.1) is 0 Å². The Bertz CT molecular complexity index is 1080. The van der Waals surface area contributed by atoms with Crippen LogP contribution in [-0.2, 0) is 10.2 Å². The van der Waals surface area contributed by atoms with Gasteiger partial charge < -0.3 is 9.47 Å². The molecule has 4 rings (SSSR count). The van der Waals surface area contributed by atoms with Gasteiger partial charge in [0.15, 0.2) is 5.13 Å². The molecule has 2 aromatic carbocycles. The second kappa shape index (κ2) is 10.2. The van der Waals surface area contributed by atoms with Crippen LogP contribution < -0.4 is 9.64 Å². The lowest BCUT2D eigenvalue weighted by Gasteiger charge is -2.28. The van der Waals surface area contributed by atoms with Gasteiger partial charge in [-0.3, -0.25) is 14.6 Å². The normalized spacial score (nSPS) is 15.0. The lowest BCUT2D eigenvalue weighted by Crippen LogP contribution is -2.39. The topological polar surface area (TPSA) is 54.9 Å². The first-order valence-corrected chi connectivity index (χ1v) is 12.3. The largest absolute Gasteiger partial charge is 0.497 e. The monoisotopic (exact) mass is 467 g/mol. The number of rotatable bonds is 7. The van der Waals surface area contributed by atoms with E-state index in [-0.39, 0.29) is 11.3 Å². The van der Waals surface area contributed by atoms with Crippen LogP contribution in [-0.4, -0.2) is 62.3 Å². The predicted molar refractivity (Wildman–Crippen MR) is 135 cm³/mol. The van der Waals surface area contributed by atoms with E-state index in [1.165, 1.54) is 5.56 Å². The highest BCUT2D eigenvalue weighted by atomic mass is 32.1. The van der Waals surface area contributed by atoms with E-state index in [2.05, 4.69) is 37.8 Å². The lowest BCUT2D eigenvalue weighted by molar-refractivity contribution is 0.0376. The Morgan fingerprint density at radius 2 is 1.88 bits per heavy atom. The maximum absolute atomic E-state index is 13.6. The van der Waals surface area contributed by atoms with Crippen molar-refractivity contribution in [3.05, 3.63) is 53.6 Å². The van der Waals surface area contributed by atoms with Crippen molar-refractivity contribution in [1.29, 1.82) is 0 Å². The third kappa shape index (κ3) is 5.72. The molecule has 3 aromatic rings. The summed E-state index contributed by atoms with van der Waals surface area (Å²) >= 11 is 1.55. The van der Waals surface area contributed by atoms with Crippen LogP contribution >= 0.6 is 11.3 Å². The van der Waals surface area contributed by atoms with Crippen LogP contribution in [0.5, 0.6) is 5.75 Å². The molecule has 7 heteroatoms. The second-order valence-electron chi connectivity index (χ2n) is 9.42. The average molecular weight is 468 g/mol. The van der Waals surface area contributed by atoms with Crippen molar-refractivity contribution >= 4 is 32.6 Å². The summed E-state index contributed by atoms with van der Waals surface area (Å²) in [7, 11) is 1.65. The predicted octanol–water partition coefficient (Wildman–Crippen LogP) is 4.97. The molecular formula is C26H33N3O3S. The molecule has 0 unspecified atom stereocenters. The van der Waals surface area contributed by atoms with Gasteiger partial charge in [-0.1, -0.05) is 44.2 Å². The highest BCUT2D eigenvalue weighted by Gasteiger charge is 2.23. The molecule has 1 saturated heterocycles. The zero-order valence-electron chi connectivity index (χ0n) is 20.0. The molecule has 176 valence electrons. The van der Waals surface area contributed by atoms with Crippen molar-refractivity contribution in [1.82, 2.24) is 9.88 Å². The zero-order chi connectivity index (χ0) is 23.4. The molecule has 33 heavy (non-hydrogen) atoms. The molecule has 0 radical (unpaired) electrons. The number of aromatic nitrogens is 1. The van der Waals surface area contributed by atoms with Crippen molar-refractivity contribution in [2.45, 2.75) is 32.6 Å². The number of thiazole rings is 1. The molecule has 6 nitrogen and oxygen atoms in total. The molecule has 0 bridgehead atoms. The van der Waals surface area contributed by atoms with Crippen LogP contribution in [0, 0.1) is 0 Å². The standard InChI is InChI=1S/C26H33N3O3S/c1-26(2,3)20-8-6-19(7-9-20)24(30)29(13-5-12-28-14-16-32-17-15-28)25-27-22-18-21(31-4)10-11-23(22)33-25/h6-11,18H,5,12-17H2,1-4H3. The van der Waals surface area contributed by atoms with Gasteiger partial charge in [0.2, 0.25) is 0 Å². The second-order valence-corrected chi connectivity index (χ2v) is 10.4. The van der Waals surface area contributed by atoms with Gasteiger partial charge in [0.05, 0.1) is 30.5 Å². The van der Waals surface area contributed by atoms with Gasteiger partial charge in [0.25, 0.3) is 5.91 Å². The van der Waals surface area contributed by atoms with E-state index in [4.69, 9.17) is 14.5 Å². The minimum absolute atomic E-state index is 0.0107. The maximum Gasteiger partial charge on any atom is 0.260 e. The first kappa shape index (κ1) is 23.7. The van der Waals surface area contributed by atoms with Gasteiger partial charge >= 0.3 is 0 Å². The minimum atomic E-state index is -0.0107. The van der Waals surface area contributed by atoms with Crippen molar-refractivity contribution in [3.63, 3.8) is 0 Å². The highest BCUT2D eigenvalue weighted by Crippen LogP contribution is 2.32. The fourth-order valence-electron chi connectivity index (χ4n) is 3.97. The molecule has 1 amide bonds. The Hall–Kier alpha value is -2.48. The summed E-state index contributed by atoms with van der Waals surface area (Å²) in [5, 5.41) is 0.727. The molecule has 0 saturated carbocycles. The van der Waals surface area contributed by atoms with Crippen LogP contribution in [0.15, 0.2) is 42.5 Å². The molecular weight excluding hydrogens is 434 g/mol. The number of nitrogens with zero attached hydrogens (tertiary/aromatic N) is 3. The third-order valence-corrected chi connectivity index (χ3v) is 7.08. The Morgan fingerprint density at radius 3 is 2.55 bits per heavy atom. The Labute approximate surface area is 200 Å². The minimum Gasteiger partial charge on any atom is -0.497 e. The smallest absolute Gasteiger partial charge is 0.260 e. The fraction of sp³-hybridized carbons (Fsp3) is 0.462. The van der Waals surface area contributed by atoms with E-state index in [0.29, 0.717) is 12.1 Å². The molecule has 0 N–H and O–H groups in total. The van der Waals surface area contributed by atoms with E-state index >= 15 is 0 Å². The summed E-state index contributed by atoms with van der Waals surface area (Å²) in [6, 6.07) is 13.8. The number of morpholine rings is 1. The van der Waals surface area contributed by atoms with Gasteiger partial charge in [0, 0.05) is 37.8 Å². The lowest BCUT2D eigenvalue weighted by atomic mass is 9.86. The quantitative estimate of drug-likeness (QED) is 0.491. The number of amides is 1. The highest BCUT2D eigenvalue weighted by molar-refractivity contribution is 7.22. The van der Waals surface area contributed by atoms with Crippen molar-refractivity contribution in [3.8, 4) is 5.75 Å². The number of carbonyl (C=O) groups is 1. The van der Waals surface area contributed by atoms with Gasteiger partial charge in [0.1, 0.15) is 5.75 Å². The Balaban J connectivity index is 1.58. The maximum atomic E-state index is 13.6. The first-order valence-electron chi connectivity index (χ1n) is 11.5. The molecule has 0 spiro atoms. The summed E-state index contributed by atoms with van der Waals surface area (Å²) in [5.74, 6) is 0.755. The van der Waals surface area contributed by atoms with Crippen molar-refractivity contribution in [2.75, 3.05) is 51.4 Å². The number of hydrogen-bond donors (Lipinski definition) is 0. The Morgan fingerprint density at radius 1 is 1.15 bits per heavy atom. The molecule has 1 fully saturated rings. The molecule has 2 heterocycles. The summed E-state index contributed by atoms with van der Waals surface area (Å²) in [6.07, 6.45) is 0.880. The van der Waals surface area contributed by atoms with Crippen LogP contribution in [0.1, 0.15) is 43.1 Å². The number of ether oxygens (including phenoxy) is 2. The third-order valence-electron chi connectivity index (χ3n) is 6.02. The molecule has 0 atom stereocenters. The number of benzene rings is 2. The number of anilines is 1. The van der Waals surface area contributed by atoms with E-state index < -0.39 is 0 Å². The van der Waals surface area contributed by atoms with Crippen molar-refractivity contribution in [2.24, 2.45) is 0 Å². The summed E-state index contributed by atoms with van der Waals surface area (Å²) in [6.45, 7) is 11.5. The van der Waals surface area contributed by atoms with Crippen LogP contribution in [0.2, 0.25) is 0 Å². The van der Waals surface area contributed by atoms with Crippen LogP contribution in [0.3, 0.4) is 0 Å². The zero-order valence-corrected chi connectivity index (χ0v) is 20.8. The van der Waals surface area contributed by atoms with Crippen LogP contribution in [0.25, 0.3) is 10.2 Å². The Kier molecular flexibility index (Phi) is 7.32. The number of carbonyl (C=O) groups excluding carboxylic acids is 1. The first-order chi connectivity index (χ1) is 15.8. The van der Waals surface area contributed by atoms with Gasteiger partial charge in [-0.05, 0) is 41.7 Å². The molecule has 1 aromatic heterocycles. The molecule has 0 aliphatic carbocycles. The molecule has 1 aliphatic heterocycles. The van der Waals surface area contributed by atoms with E-state index in [0.717, 1.165) is 60.4 Å². The van der Waals surface area contributed by atoms with Crippen molar-refractivity contribution < 1.29 is 14.3 Å². The summed E-state index contributed by atoms with van der Waals surface area (Å²) in [4.78, 5) is 22.7. The SMILES string of the molecule is COc1ccc2sc(N(CCCN3CCOCC3)C(=O)c3ccc(C(C)(C)C)cc3)nc2c1. The fourth-order valence-corrected chi connectivity index (χ4v) is 4.94. The number of hydrogen-bond acceptors (Lipinski definition) is 6. The summed E-state index contributed by atoms with van der Waals surface area (Å²) in [5.41, 5.74) is 2.80. The van der Waals surface area contributed by atoms with E-state index in [1.54, 1.807) is 18.4 Å². The molecule has 1 aliphatic rings. The van der Waals surface area contributed by atoms with E-state index in [1.807, 2.05) is 35.2 Å². The van der Waals surface area contributed by atoms with Crippen LogP contribution in [0.4, 0.5) is 5.13 Å². The van der Waals surface area contributed by atoms with E-state index in [9.17, 15) is 4.79 Å². The van der Waals surface area contributed by atoms with Gasteiger partial charge in [-0.25, -0.2) is 4.98 Å². The number of fused-ring (bicyclic) bond motifs is 1.